The van der Waals surface area contributed by atoms with Crippen molar-refractivity contribution >= 4 is 27.7 Å². The quantitative estimate of drug-likeness (QED) is 0.867. The molecule has 96 valence electrons. The summed E-state index contributed by atoms with van der Waals surface area (Å²) in [6.45, 7) is 1.76. The van der Waals surface area contributed by atoms with Gasteiger partial charge in [0.2, 0.25) is 11.8 Å². The van der Waals surface area contributed by atoms with Gasteiger partial charge in [0, 0.05) is 16.8 Å². The second-order valence-electron chi connectivity index (χ2n) is 4.52. The van der Waals surface area contributed by atoms with Crippen molar-refractivity contribution in [2.24, 2.45) is 5.92 Å². The smallest absolute Gasteiger partial charge is 0.232 e. The molecule has 5 heteroatoms. The Morgan fingerprint density at radius 1 is 1.39 bits per heavy atom. The number of aliphatic hydroxyl groups excluding tert-OH is 1. The maximum absolute atomic E-state index is 11.7. The number of hydrogen-bond donors (Lipinski definition) is 1. The number of carbonyl (C=O) groups excluding carboxylic acids is 2. The lowest BCUT2D eigenvalue weighted by Crippen LogP contribution is -2.34. The monoisotopic (exact) mass is 311 g/mol. The number of likely N-dealkylation sites (tertiary alicyclic amines) is 1. The largest absolute Gasteiger partial charge is 0.387 e. The SMILES string of the molecule is C[C@@H]1CC(=O)N(C[C@@H](O)c2ccc(Br)cc2)C1=O. The van der Waals surface area contributed by atoms with Gasteiger partial charge < -0.3 is 5.11 Å². The third-order valence-electron chi connectivity index (χ3n) is 3.08. The molecule has 1 aromatic rings. The zero-order chi connectivity index (χ0) is 13.3. The number of halogens is 1. The highest BCUT2D eigenvalue weighted by atomic mass is 79.9. The molecule has 0 aromatic heterocycles. The normalized spacial score (nSPS) is 21.5. The topological polar surface area (TPSA) is 57.6 Å². The summed E-state index contributed by atoms with van der Waals surface area (Å²) in [5.41, 5.74) is 0.693. The Kier molecular flexibility index (Phi) is 3.82. The molecule has 1 aliphatic heterocycles. The van der Waals surface area contributed by atoms with E-state index in [1.807, 2.05) is 12.1 Å². The van der Waals surface area contributed by atoms with E-state index >= 15 is 0 Å². The number of amides is 2. The summed E-state index contributed by atoms with van der Waals surface area (Å²) in [7, 11) is 0. The molecule has 0 aliphatic carbocycles. The van der Waals surface area contributed by atoms with E-state index in [0.717, 1.165) is 9.37 Å². The second-order valence-corrected chi connectivity index (χ2v) is 5.43. The van der Waals surface area contributed by atoms with Crippen LogP contribution in [0, 0.1) is 5.92 Å². The van der Waals surface area contributed by atoms with Gasteiger partial charge in [-0.2, -0.15) is 0 Å². The lowest BCUT2D eigenvalue weighted by Gasteiger charge is -2.19. The van der Waals surface area contributed by atoms with Crippen molar-refractivity contribution in [2.45, 2.75) is 19.4 Å². The third-order valence-corrected chi connectivity index (χ3v) is 3.61. The maximum Gasteiger partial charge on any atom is 0.232 e. The highest BCUT2D eigenvalue weighted by Crippen LogP contribution is 2.23. The predicted octanol–water partition coefficient (Wildman–Crippen LogP) is 1.88. The molecule has 2 atom stereocenters. The van der Waals surface area contributed by atoms with E-state index in [1.165, 1.54) is 0 Å². The van der Waals surface area contributed by atoms with Crippen molar-refractivity contribution < 1.29 is 14.7 Å². The molecule has 0 spiro atoms. The first-order valence-electron chi connectivity index (χ1n) is 5.76. The zero-order valence-electron chi connectivity index (χ0n) is 9.97. The molecular weight excluding hydrogens is 298 g/mol. The molecule has 18 heavy (non-hydrogen) atoms. The second kappa shape index (κ2) is 5.20. The lowest BCUT2D eigenvalue weighted by atomic mass is 10.1. The van der Waals surface area contributed by atoms with E-state index in [0.29, 0.717) is 5.56 Å². The number of β-amino-alcohol motifs (C(OH)–C–C–N with tert-alkyl or cyclic N) is 1. The first-order valence-corrected chi connectivity index (χ1v) is 6.56. The molecule has 2 rings (SSSR count). The standard InChI is InChI=1S/C13H14BrNO3/c1-8-6-12(17)15(13(8)18)7-11(16)9-2-4-10(14)5-3-9/h2-5,8,11,16H,6-7H2,1H3/t8-,11-/m1/s1. The Bertz CT molecular complexity index is 472. The molecule has 2 amide bonds. The Morgan fingerprint density at radius 2 is 2.00 bits per heavy atom. The molecule has 1 N–H and O–H groups in total. The van der Waals surface area contributed by atoms with Crippen molar-refractivity contribution in [3.63, 3.8) is 0 Å². The molecule has 0 radical (unpaired) electrons. The molecule has 1 fully saturated rings. The van der Waals surface area contributed by atoms with Crippen LogP contribution in [0.25, 0.3) is 0 Å². The minimum Gasteiger partial charge on any atom is -0.387 e. The van der Waals surface area contributed by atoms with Crippen LogP contribution < -0.4 is 0 Å². The van der Waals surface area contributed by atoms with Gasteiger partial charge in [0.15, 0.2) is 0 Å². The van der Waals surface area contributed by atoms with Crippen LogP contribution in [0.4, 0.5) is 0 Å². The van der Waals surface area contributed by atoms with Crippen LogP contribution in [-0.4, -0.2) is 28.4 Å². The summed E-state index contributed by atoms with van der Waals surface area (Å²) in [4.78, 5) is 24.5. The number of rotatable bonds is 3. The van der Waals surface area contributed by atoms with Gasteiger partial charge in [-0.05, 0) is 17.7 Å². The highest BCUT2D eigenvalue weighted by Gasteiger charge is 2.36. The van der Waals surface area contributed by atoms with Gasteiger partial charge in [0.25, 0.3) is 0 Å². The first kappa shape index (κ1) is 13.2. The third kappa shape index (κ3) is 2.62. The van der Waals surface area contributed by atoms with Crippen LogP contribution in [0.1, 0.15) is 25.0 Å². The number of carbonyl (C=O) groups is 2. The Labute approximate surface area is 114 Å². The fraction of sp³-hybridized carbons (Fsp3) is 0.385. The summed E-state index contributed by atoms with van der Waals surface area (Å²) < 4.78 is 0.917. The summed E-state index contributed by atoms with van der Waals surface area (Å²) >= 11 is 3.31. The van der Waals surface area contributed by atoms with E-state index in [-0.39, 0.29) is 30.7 Å². The van der Waals surface area contributed by atoms with Crippen LogP contribution in [-0.2, 0) is 9.59 Å². The van der Waals surface area contributed by atoms with Crippen LogP contribution in [0.5, 0.6) is 0 Å². The summed E-state index contributed by atoms with van der Waals surface area (Å²) in [6, 6.07) is 7.16. The van der Waals surface area contributed by atoms with Crippen LogP contribution in [0.15, 0.2) is 28.7 Å². The molecule has 1 saturated heterocycles. The van der Waals surface area contributed by atoms with Crippen LogP contribution in [0.3, 0.4) is 0 Å². The van der Waals surface area contributed by atoms with Crippen molar-refractivity contribution in [1.29, 1.82) is 0 Å². The molecule has 0 bridgehead atoms. The summed E-state index contributed by atoms with van der Waals surface area (Å²) in [5, 5.41) is 10.0. The van der Waals surface area contributed by atoms with E-state index in [1.54, 1.807) is 19.1 Å². The number of aliphatic hydroxyl groups is 1. The van der Waals surface area contributed by atoms with E-state index in [2.05, 4.69) is 15.9 Å². The molecule has 1 heterocycles. The first-order chi connectivity index (χ1) is 8.49. The van der Waals surface area contributed by atoms with Gasteiger partial charge in [-0.25, -0.2) is 0 Å². The van der Waals surface area contributed by atoms with Crippen LogP contribution >= 0.6 is 15.9 Å². The average Bonchev–Trinajstić information content (AvgIpc) is 2.57. The molecule has 0 saturated carbocycles. The van der Waals surface area contributed by atoms with Gasteiger partial charge in [-0.1, -0.05) is 35.0 Å². The Morgan fingerprint density at radius 3 is 2.50 bits per heavy atom. The van der Waals surface area contributed by atoms with Gasteiger partial charge in [0.1, 0.15) is 0 Å². The van der Waals surface area contributed by atoms with Crippen LogP contribution in [0.2, 0.25) is 0 Å². The number of imide groups is 1. The van der Waals surface area contributed by atoms with Crippen molar-refractivity contribution in [3.05, 3.63) is 34.3 Å². The fourth-order valence-corrected chi connectivity index (χ4v) is 2.27. The summed E-state index contributed by atoms with van der Waals surface area (Å²) in [5.74, 6) is -0.672. The fourth-order valence-electron chi connectivity index (χ4n) is 2.00. The molecule has 4 nitrogen and oxygen atoms in total. The predicted molar refractivity (Wildman–Crippen MR) is 69.6 cm³/mol. The molecule has 1 aliphatic rings. The number of hydrogen-bond acceptors (Lipinski definition) is 3. The Hall–Kier alpha value is -1.20. The highest BCUT2D eigenvalue weighted by molar-refractivity contribution is 9.10. The Balaban J connectivity index is 2.07. The maximum atomic E-state index is 11.7. The van der Waals surface area contributed by atoms with Crippen molar-refractivity contribution in [3.8, 4) is 0 Å². The number of benzene rings is 1. The van der Waals surface area contributed by atoms with Crippen molar-refractivity contribution in [2.75, 3.05) is 6.54 Å². The summed E-state index contributed by atoms with van der Waals surface area (Å²) in [6.07, 6.45) is -0.595. The van der Waals surface area contributed by atoms with E-state index in [9.17, 15) is 14.7 Å². The van der Waals surface area contributed by atoms with Crippen molar-refractivity contribution in [1.82, 2.24) is 4.90 Å². The average molecular weight is 312 g/mol. The van der Waals surface area contributed by atoms with Gasteiger partial charge >= 0.3 is 0 Å². The lowest BCUT2D eigenvalue weighted by molar-refractivity contribution is -0.140. The minimum absolute atomic E-state index is 0.0314. The molecule has 0 unspecified atom stereocenters. The minimum atomic E-state index is -0.837. The zero-order valence-corrected chi connectivity index (χ0v) is 11.6. The van der Waals surface area contributed by atoms with Gasteiger partial charge in [-0.15, -0.1) is 0 Å². The number of nitrogens with zero attached hydrogens (tertiary/aromatic N) is 1. The van der Waals surface area contributed by atoms with Gasteiger partial charge in [-0.3, -0.25) is 14.5 Å². The molecule has 1 aromatic carbocycles. The van der Waals surface area contributed by atoms with E-state index < -0.39 is 6.10 Å². The van der Waals surface area contributed by atoms with Gasteiger partial charge in [0.05, 0.1) is 12.6 Å². The molecular formula is C13H14BrNO3. The van der Waals surface area contributed by atoms with E-state index in [4.69, 9.17) is 0 Å².